The first-order valence-corrected chi connectivity index (χ1v) is 7.80. The molecule has 1 aliphatic heterocycles. The molecule has 9 nitrogen and oxygen atoms in total. The Labute approximate surface area is 138 Å². The molecule has 0 saturated carbocycles. The standard InChI is InChI=1S/C13H12BrN7O2/c14-8-5-9-10(15-6-8)17-11(12-18-16-7-21(9)12)19-1-3-20(4-2-19)13(22)23/h5-7H,1-4H2,(H,22,23). The van der Waals surface area contributed by atoms with Crippen LogP contribution < -0.4 is 4.90 Å². The van der Waals surface area contributed by atoms with Gasteiger partial charge in [-0.3, -0.25) is 4.40 Å². The largest absolute Gasteiger partial charge is 0.465 e. The minimum Gasteiger partial charge on any atom is -0.465 e. The maximum atomic E-state index is 11.0. The molecule has 0 aliphatic carbocycles. The number of anilines is 1. The molecule has 0 bridgehead atoms. The third kappa shape index (κ3) is 2.34. The summed E-state index contributed by atoms with van der Waals surface area (Å²) in [7, 11) is 0. The molecule has 4 rings (SSSR count). The average Bonchev–Trinajstić information content (AvgIpc) is 3.04. The van der Waals surface area contributed by atoms with Crippen LogP contribution in [0.4, 0.5) is 10.6 Å². The Balaban J connectivity index is 1.79. The Kier molecular flexibility index (Phi) is 3.26. The number of fused-ring (bicyclic) bond motifs is 3. The van der Waals surface area contributed by atoms with E-state index in [-0.39, 0.29) is 0 Å². The molecule has 4 heterocycles. The highest BCUT2D eigenvalue weighted by Crippen LogP contribution is 2.24. The number of nitrogens with zero attached hydrogens (tertiary/aromatic N) is 7. The molecule has 0 radical (unpaired) electrons. The molecule has 1 fully saturated rings. The lowest BCUT2D eigenvalue weighted by Gasteiger charge is -2.33. The Hall–Kier alpha value is -2.49. The van der Waals surface area contributed by atoms with Gasteiger partial charge >= 0.3 is 6.09 Å². The smallest absolute Gasteiger partial charge is 0.407 e. The predicted octanol–water partition coefficient (Wildman–Crippen LogP) is 1.24. The number of pyridine rings is 1. The van der Waals surface area contributed by atoms with Crippen LogP contribution in [0.2, 0.25) is 0 Å². The van der Waals surface area contributed by atoms with E-state index in [4.69, 9.17) is 5.11 Å². The third-order valence-corrected chi connectivity index (χ3v) is 4.32. The number of aromatic nitrogens is 5. The van der Waals surface area contributed by atoms with Gasteiger partial charge in [-0.25, -0.2) is 14.8 Å². The molecule has 0 atom stereocenters. The van der Waals surface area contributed by atoms with E-state index in [2.05, 4.69) is 36.1 Å². The van der Waals surface area contributed by atoms with Gasteiger partial charge in [-0.15, -0.1) is 10.2 Å². The number of halogens is 1. The first kappa shape index (κ1) is 14.1. The van der Waals surface area contributed by atoms with Gasteiger partial charge in [-0.1, -0.05) is 0 Å². The molecular formula is C13H12BrN7O2. The minimum atomic E-state index is -0.893. The Bertz CT molecular complexity index is 904. The van der Waals surface area contributed by atoms with Gasteiger partial charge in [-0.2, -0.15) is 0 Å². The molecule has 1 aliphatic rings. The second-order valence-electron chi connectivity index (χ2n) is 5.21. The maximum absolute atomic E-state index is 11.0. The summed E-state index contributed by atoms with van der Waals surface area (Å²) in [6.45, 7) is 1.99. The Morgan fingerprint density at radius 1 is 1.26 bits per heavy atom. The second-order valence-corrected chi connectivity index (χ2v) is 6.13. The van der Waals surface area contributed by atoms with Crippen LogP contribution in [0.15, 0.2) is 23.1 Å². The Morgan fingerprint density at radius 3 is 2.78 bits per heavy atom. The van der Waals surface area contributed by atoms with Crippen molar-refractivity contribution < 1.29 is 9.90 Å². The van der Waals surface area contributed by atoms with E-state index in [9.17, 15) is 4.79 Å². The molecule has 118 valence electrons. The highest BCUT2D eigenvalue weighted by molar-refractivity contribution is 9.10. The van der Waals surface area contributed by atoms with Crippen LogP contribution in [-0.4, -0.2) is 66.8 Å². The Morgan fingerprint density at radius 2 is 2.04 bits per heavy atom. The fourth-order valence-electron chi connectivity index (χ4n) is 2.72. The summed E-state index contributed by atoms with van der Waals surface area (Å²) in [6.07, 6.45) is 2.43. The fraction of sp³-hybridized carbons (Fsp3) is 0.308. The van der Waals surface area contributed by atoms with Gasteiger partial charge < -0.3 is 14.9 Å². The van der Waals surface area contributed by atoms with Gasteiger partial charge in [-0.05, 0) is 22.0 Å². The monoisotopic (exact) mass is 377 g/mol. The van der Waals surface area contributed by atoms with Crippen LogP contribution >= 0.6 is 15.9 Å². The molecule has 23 heavy (non-hydrogen) atoms. The zero-order valence-corrected chi connectivity index (χ0v) is 13.5. The number of amides is 1. The van der Waals surface area contributed by atoms with Crippen molar-refractivity contribution in [2.75, 3.05) is 31.1 Å². The van der Waals surface area contributed by atoms with Crippen LogP contribution in [0, 0.1) is 0 Å². The van der Waals surface area contributed by atoms with Crippen molar-refractivity contribution >= 4 is 44.7 Å². The lowest BCUT2D eigenvalue weighted by atomic mass is 10.3. The molecule has 3 aromatic rings. The molecule has 0 aromatic carbocycles. The maximum Gasteiger partial charge on any atom is 0.407 e. The molecule has 10 heteroatoms. The fourth-order valence-corrected chi connectivity index (χ4v) is 3.04. The molecule has 1 saturated heterocycles. The number of hydrogen-bond donors (Lipinski definition) is 1. The summed E-state index contributed by atoms with van der Waals surface area (Å²) in [5, 5.41) is 17.2. The highest BCUT2D eigenvalue weighted by Gasteiger charge is 2.24. The summed E-state index contributed by atoms with van der Waals surface area (Å²) >= 11 is 3.41. The summed E-state index contributed by atoms with van der Waals surface area (Å²) in [6, 6.07) is 1.91. The van der Waals surface area contributed by atoms with Gasteiger partial charge in [0.2, 0.25) is 5.65 Å². The third-order valence-electron chi connectivity index (χ3n) is 3.88. The van der Waals surface area contributed by atoms with Gasteiger partial charge in [0.1, 0.15) is 6.33 Å². The number of carboxylic acid groups (broad SMARTS) is 1. The van der Waals surface area contributed by atoms with E-state index in [0.29, 0.717) is 43.3 Å². The van der Waals surface area contributed by atoms with Gasteiger partial charge in [0, 0.05) is 36.8 Å². The van der Waals surface area contributed by atoms with Gasteiger partial charge in [0.25, 0.3) is 0 Å². The van der Waals surface area contributed by atoms with E-state index in [1.54, 1.807) is 12.5 Å². The van der Waals surface area contributed by atoms with Crippen LogP contribution in [0.1, 0.15) is 0 Å². The summed E-state index contributed by atoms with van der Waals surface area (Å²) in [5.41, 5.74) is 2.05. The quantitative estimate of drug-likeness (QED) is 0.680. The minimum absolute atomic E-state index is 0.434. The van der Waals surface area contributed by atoms with E-state index < -0.39 is 6.09 Å². The van der Waals surface area contributed by atoms with E-state index in [1.807, 2.05) is 15.4 Å². The van der Waals surface area contributed by atoms with E-state index >= 15 is 0 Å². The first-order chi connectivity index (χ1) is 11.1. The molecule has 0 spiro atoms. The second kappa shape index (κ2) is 5.30. The molecule has 0 unspecified atom stereocenters. The number of hydrogen-bond acceptors (Lipinski definition) is 6. The highest BCUT2D eigenvalue weighted by atomic mass is 79.9. The number of rotatable bonds is 1. The van der Waals surface area contributed by atoms with Crippen molar-refractivity contribution in [3.63, 3.8) is 0 Å². The van der Waals surface area contributed by atoms with Crippen molar-refractivity contribution in [2.45, 2.75) is 0 Å². The average molecular weight is 378 g/mol. The van der Waals surface area contributed by atoms with Gasteiger partial charge in [0.15, 0.2) is 11.5 Å². The summed E-state index contributed by atoms with van der Waals surface area (Å²) < 4.78 is 2.70. The van der Waals surface area contributed by atoms with Crippen molar-refractivity contribution in [3.05, 3.63) is 23.1 Å². The first-order valence-electron chi connectivity index (χ1n) is 7.01. The van der Waals surface area contributed by atoms with E-state index in [0.717, 1.165) is 9.99 Å². The zero-order valence-electron chi connectivity index (χ0n) is 11.9. The lowest BCUT2D eigenvalue weighted by Crippen LogP contribution is -2.48. The molecule has 1 amide bonds. The number of piperazine rings is 1. The lowest BCUT2D eigenvalue weighted by molar-refractivity contribution is 0.142. The van der Waals surface area contributed by atoms with Crippen molar-refractivity contribution in [1.82, 2.24) is 29.5 Å². The number of carbonyl (C=O) groups is 1. The summed E-state index contributed by atoms with van der Waals surface area (Å²) in [5.74, 6) is 0.676. The van der Waals surface area contributed by atoms with Gasteiger partial charge in [0.05, 0.1) is 5.52 Å². The van der Waals surface area contributed by atoms with Crippen LogP contribution in [-0.2, 0) is 0 Å². The van der Waals surface area contributed by atoms with Crippen LogP contribution in [0.3, 0.4) is 0 Å². The summed E-state index contributed by atoms with van der Waals surface area (Å²) in [4.78, 5) is 23.4. The molecule has 1 N–H and O–H groups in total. The molecular weight excluding hydrogens is 366 g/mol. The van der Waals surface area contributed by atoms with Crippen molar-refractivity contribution in [2.24, 2.45) is 0 Å². The molecule has 3 aromatic heterocycles. The topological polar surface area (TPSA) is 99.8 Å². The SMILES string of the molecule is O=C(O)N1CCN(c2nc3ncc(Br)cc3n3cnnc23)CC1. The normalized spacial score (nSPS) is 15.5. The van der Waals surface area contributed by atoms with Crippen LogP contribution in [0.5, 0.6) is 0 Å². The predicted molar refractivity (Wildman–Crippen MR) is 85.6 cm³/mol. The van der Waals surface area contributed by atoms with Crippen molar-refractivity contribution in [3.8, 4) is 0 Å². The van der Waals surface area contributed by atoms with Crippen LogP contribution in [0.25, 0.3) is 16.8 Å². The van der Waals surface area contributed by atoms with E-state index in [1.165, 1.54) is 4.90 Å². The van der Waals surface area contributed by atoms with Crippen molar-refractivity contribution in [1.29, 1.82) is 0 Å². The zero-order chi connectivity index (χ0) is 16.0.